The van der Waals surface area contributed by atoms with Crippen molar-refractivity contribution in [2.75, 3.05) is 19.6 Å². The summed E-state index contributed by atoms with van der Waals surface area (Å²) in [5.74, 6) is 1.77. The molecule has 0 bridgehead atoms. The van der Waals surface area contributed by atoms with Crippen molar-refractivity contribution in [1.82, 2.24) is 9.97 Å². The van der Waals surface area contributed by atoms with Gasteiger partial charge in [0.1, 0.15) is 0 Å². The molecule has 0 atom stereocenters. The lowest BCUT2D eigenvalue weighted by Crippen LogP contribution is -2.00. The Bertz CT molecular complexity index is 911. The molecule has 1 heterocycles. The molecule has 132 valence electrons. The summed E-state index contributed by atoms with van der Waals surface area (Å²) in [6.45, 7) is 1.93. The second-order valence-corrected chi connectivity index (χ2v) is 5.57. The van der Waals surface area contributed by atoms with Crippen LogP contribution in [0.4, 0.5) is 5.95 Å². The lowest BCUT2D eigenvalue weighted by molar-refractivity contribution is 0.355. The van der Waals surface area contributed by atoms with Gasteiger partial charge in [-0.05, 0) is 36.8 Å². The fraction of sp³-hybridized carbons (Fsp3) is 0.150. The first-order valence-corrected chi connectivity index (χ1v) is 8.12. The monoisotopic (exact) mass is 348 g/mol. The fourth-order valence-electron chi connectivity index (χ4n) is 2.47. The molecule has 0 aliphatic carbocycles. The number of aryl methyl sites for hydroxylation is 1. The van der Waals surface area contributed by atoms with Gasteiger partial charge in [-0.15, -0.1) is 0 Å². The quantitative estimate of drug-likeness (QED) is 0.540. The SMILES string of the molecule is COc1ccc(/C=N/Nc2nc(C)cc(-c3ccccc3)n2)cc1OC. The summed E-state index contributed by atoms with van der Waals surface area (Å²) in [6.07, 6.45) is 1.68. The number of ether oxygens (including phenoxy) is 2. The van der Waals surface area contributed by atoms with E-state index in [1.807, 2.05) is 61.5 Å². The average molecular weight is 348 g/mol. The van der Waals surface area contributed by atoms with Gasteiger partial charge in [-0.1, -0.05) is 30.3 Å². The molecule has 0 saturated carbocycles. The van der Waals surface area contributed by atoms with Crippen LogP contribution in [0.25, 0.3) is 11.3 Å². The van der Waals surface area contributed by atoms with E-state index in [9.17, 15) is 0 Å². The molecule has 1 N–H and O–H groups in total. The zero-order valence-corrected chi connectivity index (χ0v) is 14.9. The Morgan fingerprint density at radius 1 is 0.923 bits per heavy atom. The molecule has 2 aromatic carbocycles. The number of hydrazone groups is 1. The molecule has 0 radical (unpaired) electrons. The molecule has 6 heteroatoms. The van der Waals surface area contributed by atoms with Gasteiger partial charge in [-0.2, -0.15) is 5.10 Å². The Balaban J connectivity index is 1.77. The van der Waals surface area contributed by atoms with Crippen molar-refractivity contribution in [3.63, 3.8) is 0 Å². The van der Waals surface area contributed by atoms with Crippen molar-refractivity contribution in [2.24, 2.45) is 5.10 Å². The summed E-state index contributed by atoms with van der Waals surface area (Å²) in [4.78, 5) is 8.89. The molecule has 26 heavy (non-hydrogen) atoms. The van der Waals surface area contributed by atoms with Gasteiger partial charge in [-0.25, -0.2) is 15.4 Å². The maximum absolute atomic E-state index is 5.29. The Morgan fingerprint density at radius 3 is 2.42 bits per heavy atom. The van der Waals surface area contributed by atoms with Crippen molar-refractivity contribution in [1.29, 1.82) is 0 Å². The third-order valence-electron chi connectivity index (χ3n) is 3.71. The highest BCUT2D eigenvalue weighted by molar-refractivity contribution is 5.81. The number of anilines is 1. The van der Waals surface area contributed by atoms with Crippen LogP contribution in [0.1, 0.15) is 11.3 Å². The summed E-state index contributed by atoms with van der Waals surface area (Å²) in [6, 6.07) is 17.5. The van der Waals surface area contributed by atoms with Gasteiger partial charge >= 0.3 is 0 Å². The third kappa shape index (κ3) is 4.16. The van der Waals surface area contributed by atoms with Crippen LogP contribution in [0.5, 0.6) is 11.5 Å². The van der Waals surface area contributed by atoms with Gasteiger partial charge in [0.15, 0.2) is 11.5 Å². The van der Waals surface area contributed by atoms with Crippen LogP contribution in [0.2, 0.25) is 0 Å². The smallest absolute Gasteiger partial charge is 0.244 e. The Hall–Kier alpha value is -3.41. The summed E-state index contributed by atoms with van der Waals surface area (Å²) in [7, 11) is 3.20. The standard InChI is InChI=1S/C20H20N4O2/c1-14-11-17(16-7-5-4-6-8-16)23-20(22-14)24-21-13-15-9-10-18(25-2)19(12-15)26-3/h4-13H,1-3H3,(H,22,23,24)/b21-13+. The maximum Gasteiger partial charge on any atom is 0.244 e. The molecule has 0 unspecified atom stereocenters. The lowest BCUT2D eigenvalue weighted by Gasteiger charge is -2.07. The first-order valence-electron chi connectivity index (χ1n) is 8.12. The number of aromatic nitrogens is 2. The molecule has 0 saturated heterocycles. The van der Waals surface area contributed by atoms with Crippen LogP contribution in [0.3, 0.4) is 0 Å². The molecule has 0 amide bonds. The van der Waals surface area contributed by atoms with Gasteiger partial charge in [0.05, 0.1) is 26.1 Å². The molecule has 0 fully saturated rings. The largest absolute Gasteiger partial charge is 0.493 e. The number of benzene rings is 2. The first kappa shape index (κ1) is 17.4. The molecule has 0 aliphatic heterocycles. The molecule has 0 aliphatic rings. The van der Waals surface area contributed by atoms with Crippen molar-refractivity contribution >= 4 is 12.2 Å². The van der Waals surface area contributed by atoms with Gasteiger partial charge in [0.2, 0.25) is 5.95 Å². The number of hydrogen-bond donors (Lipinski definition) is 1. The van der Waals surface area contributed by atoms with Crippen molar-refractivity contribution in [3.8, 4) is 22.8 Å². The number of nitrogens with one attached hydrogen (secondary N) is 1. The van der Waals surface area contributed by atoms with E-state index in [0.717, 1.165) is 22.5 Å². The zero-order chi connectivity index (χ0) is 18.4. The maximum atomic E-state index is 5.29. The minimum atomic E-state index is 0.445. The van der Waals surface area contributed by atoms with Gasteiger partial charge < -0.3 is 9.47 Å². The van der Waals surface area contributed by atoms with Crippen molar-refractivity contribution < 1.29 is 9.47 Å². The normalized spacial score (nSPS) is 10.7. The minimum absolute atomic E-state index is 0.445. The van der Waals surface area contributed by atoms with Gasteiger partial charge in [0, 0.05) is 11.3 Å². The van der Waals surface area contributed by atoms with Crippen LogP contribution in [-0.2, 0) is 0 Å². The predicted octanol–water partition coefficient (Wildman–Crippen LogP) is 3.92. The number of methoxy groups -OCH3 is 2. The summed E-state index contributed by atoms with van der Waals surface area (Å²) in [5.41, 5.74) is 6.50. The number of rotatable bonds is 6. The summed E-state index contributed by atoms with van der Waals surface area (Å²) >= 11 is 0. The van der Waals surface area contributed by atoms with Crippen LogP contribution in [0, 0.1) is 6.92 Å². The van der Waals surface area contributed by atoms with Gasteiger partial charge in [0.25, 0.3) is 0 Å². The molecule has 3 aromatic rings. The fourth-order valence-corrected chi connectivity index (χ4v) is 2.47. The average Bonchev–Trinajstić information content (AvgIpc) is 2.68. The van der Waals surface area contributed by atoms with Crippen LogP contribution < -0.4 is 14.9 Å². The van der Waals surface area contributed by atoms with E-state index in [-0.39, 0.29) is 0 Å². The topological polar surface area (TPSA) is 68.6 Å². The Morgan fingerprint density at radius 2 is 1.69 bits per heavy atom. The van der Waals surface area contributed by atoms with Gasteiger partial charge in [-0.3, -0.25) is 0 Å². The summed E-state index contributed by atoms with van der Waals surface area (Å²) < 4.78 is 10.5. The third-order valence-corrected chi connectivity index (χ3v) is 3.71. The molecular weight excluding hydrogens is 328 g/mol. The second kappa shape index (κ2) is 8.11. The van der Waals surface area contributed by atoms with E-state index in [1.165, 1.54) is 0 Å². The molecule has 1 aromatic heterocycles. The van der Waals surface area contributed by atoms with E-state index in [2.05, 4.69) is 20.5 Å². The zero-order valence-electron chi connectivity index (χ0n) is 14.9. The highest BCUT2D eigenvalue weighted by Gasteiger charge is 2.05. The van der Waals surface area contributed by atoms with E-state index in [4.69, 9.17) is 9.47 Å². The summed E-state index contributed by atoms with van der Waals surface area (Å²) in [5, 5.41) is 4.22. The Labute approximate surface area is 152 Å². The molecule has 0 spiro atoms. The van der Waals surface area contributed by atoms with Crippen LogP contribution in [-0.4, -0.2) is 30.4 Å². The Kier molecular flexibility index (Phi) is 5.43. The second-order valence-electron chi connectivity index (χ2n) is 5.57. The lowest BCUT2D eigenvalue weighted by atomic mass is 10.1. The first-order chi connectivity index (χ1) is 12.7. The molecular formula is C20H20N4O2. The van der Waals surface area contributed by atoms with Crippen LogP contribution >= 0.6 is 0 Å². The minimum Gasteiger partial charge on any atom is -0.493 e. The van der Waals surface area contributed by atoms with Crippen molar-refractivity contribution in [2.45, 2.75) is 6.92 Å². The number of hydrogen-bond acceptors (Lipinski definition) is 6. The van der Waals surface area contributed by atoms with E-state index in [0.29, 0.717) is 17.4 Å². The highest BCUT2D eigenvalue weighted by Crippen LogP contribution is 2.26. The van der Waals surface area contributed by atoms with E-state index in [1.54, 1.807) is 20.4 Å². The molecule has 6 nitrogen and oxygen atoms in total. The van der Waals surface area contributed by atoms with Crippen molar-refractivity contribution in [3.05, 3.63) is 65.9 Å². The number of nitrogens with zero attached hydrogens (tertiary/aromatic N) is 3. The highest BCUT2D eigenvalue weighted by atomic mass is 16.5. The predicted molar refractivity (Wildman–Crippen MR) is 103 cm³/mol. The van der Waals surface area contributed by atoms with Crippen LogP contribution in [0.15, 0.2) is 59.7 Å². The molecule has 3 rings (SSSR count). The van der Waals surface area contributed by atoms with E-state index < -0.39 is 0 Å². The van der Waals surface area contributed by atoms with E-state index >= 15 is 0 Å².